The molecule has 0 aliphatic rings. The van der Waals surface area contributed by atoms with Crippen LogP contribution in [0.25, 0.3) is 0 Å². The Morgan fingerprint density at radius 2 is 2.11 bits per heavy atom. The largest absolute Gasteiger partial charge is 0.478 e. The third-order valence-corrected chi connectivity index (χ3v) is 3.23. The number of halogens is 1. The molecule has 0 aliphatic heterocycles. The van der Waals surface area contributed by atoms with E-state index in [1.54, 1.807) is 12.1 Å². The fourth-order valence-corrected chi connectivity index (χ4v) is 2.11. The lowest BCUT2D eigenvalue weighted by Gasteiger charge is -2.10. The zero-order chi connectivity index (χ0) is 13.5. The summed E-state index contributed by atoms with van der Waals surface area (Å²) in [4.78, 5) is 11.1. The van der Waals surface area contributed by atoms with Crippen molar-refractivity contribution >= 4 is 27.6 Å². The molecule has 2 N–H and O–H groups in total. The van der Waals surface area contributed by atoms with Gasteiger partial charge in [-0.15, -0.1) is 0 Å². The van der Waals surface area contributed by atoms with Crippen molar-refractivity contribution in [1.82, 2.24) is 0 Å². The van der Waals surface area contributed by atoms with Gasteiger partial charge in [0.05, 0.1) is 5.56 Å². The van der Waals surface area contributed by atoms with Crippen LogP contribution in [-0.4, -0.2) is 17.6 Å². The van der Waals surface area contributed by atoms with E-state index in [0.29, 0.717) is 11.3 Å². The fourth-order valence-electron chi connectivity index (χ4n) is 1.75. The van der Waals surface area contributed by atoms with Crippen molar-refractivity contribution in [1.29, 1.82) is 0 Å². The lowest BCUT2D eigenvalue weighted by molar-refractivity contribution is 0.0698. The molecular formula is C14H20BrNO2. The topological polar surface area (TPSA) is 49.3 Å². The second-order valence-electron chi connectivity index (χ2n) is 4.81. The van der Waals surface area contributed by atoms with Crippen LogP contribution in [0.15, 0.2) is 22.7 Å². The fraction of sp³-hybridized carbons (Fsp3) is 0.500. The molecule has 0 atom stereocenters. The van der Waals surface area contributed by atoms with E-state index in [-0.39, 0.29) is 0 Å². The van der Waals surface area contributed by atoms with E-state index < -0.39 is 5.97 Å². The summed E-state index contributed by atoms with van der Waals surface area (Å²) in [5, 5.41) is 12.3. The predicted molar refractivity (Wildman–Crippen MR) is 78.3 cm³/mol. The SMILES string of the molecule is CC(C)CCCCNc1cc(Br)ccc1C(=O)O. The van der Waals surface area contributed by atoms with E-state index in [1.165, 1.54) is 12.8 Å². The van der Waals surface area contributed by atoms with Gasteiger partial charge in [-0.25, -0.2) is 4.79 Å². The van der Waals surface area contributed by atoms with E-state index in [2.05, 4.69) is 35.1 Å². The van der Waals surface area contributed by atoms with Crippen LogP contribution in [0.2, 0.25) is 0 Å². The molecule has 0 spiro atoms. The lowest BCUT2D eigenvalue weighted by atomic mass is 10.1. The van der Waals surface area contributed by atoms with Crippen molar-refractivity contribution in [2.75, 3.05) is 11.9 Å². The molecule has 1 aromatic rings. The first kappa shape index (κ1) is 15.0. The average molecular weight is 314 g/mol. The Labute approximate surface area is 117 Å². The Morgan fingerprint density at radius 3 is 2.72 bits per heavy atom. The summed E-state index contributed by atoms with van der Waals surface area (Å²) in [7, 11) is 0. The van der Waals surface area contributed by atoms with Crippen LogP contribution in [0.4, 0.5) is 5.69 Å². The quantitative estimate of drug-likeness (QED) is 0.734. The van der Waals surface area contributed by atoms with Gasteiger partial charge in [0, 0.05) is 16.7 Å². The average Bonchev–Trinajstić information content (AvgIpc) is 2.27. The number of benzene rings is 1. The molecule has 0 unspecified atom stereocenters. The summed E-state index contributed by atoms with van der Waals surface area (Å²) >= 11 is 3.35. The van der Waals surface area contributed by atoms with Gasteiger partial charge in [-0.2, -0.15) is 0 Å². The van der Waals surface area contributed by atoms with Crippen molar-refractivity contribution in [2.45, 2.75) is 33.1 Å². The standard InChI is InChI=1S/C14H20BrNO2/c1-10(2)5-3-4-8-16-13-9-11(15)6-7-12(13)14(17)18/h6-7,9-10,16H,3-5,8H2,1-2H3,(H,17,18). The molecule has 0 bridgehead atoms. The first-order valence-electron chi connectivity index (χ1n) is 6.27. The van der Waals surface area contributed by atoms with Gasteiger partial charge in [-0.05, 0) is 30.5 Å². The predicted octanol–water partition coefficient (Wildman–Crippen LogP) is 4.39. The molecule has 0 heterocycles. The van der Waals surface area contributed by atoms with Crippen molar-refractivity contribution in [3.8, 4) is 0 Å². The van der Waals surface area contributed by atoms with Crippen molar-refractivity contribution < 1.29 is 9.90 Å². The van der Waals surface area contributed by atoms with Gasteiger partial charge < -0.3 is 10.4 Å². The van der Waals surface area contributed by atoms with Gasteiger partial charge in [0.1, 0.15) is 0 Å². The number of carbonyl (C=O) groups is 1. The number of carboxylic acid groups (broad SMARTS) is 1. The second kappa shape index (κ2) is 7.41. The zero-order valence-corrected chi connectivity index (χ0v) is 12.5. The molecule has 18 heavy (non-hydrogen) atoms. The number of hydrogen-bond acceptors (Lipinski definition) is 2. The maximum absolute atomic E-state index is 11.1. The summed E-state index contributed by atoms with van der Waals surface area (Å²) in [6.07, 6.45) is 3.44. The summed E-state index contributed by atoms with van der Waals surface area (Å²) < 4.78 is 0.886. The molecule has 3 nitrogen and oxygen atoms in total. The van der Waals surface area contributed by atoms with E-state index >= 15 is 0 Å². The molecule has 0 saturated heterocycles. The van der Waals surface area contributed by atoms with E-state index in [4.69, 9.17) is 5.11 Å². The first-order valence-corrected chi connectivity index (χ1v) is 7.06. The molecule has 0 amide bonds. The maximum atomic E-state index is 11.1. The van der Waals surface area contributed by atoms with Crippen LogP contribution in [0, 0.1) is 5.92 Å². The Balaban J connectivity index is 2.50. The highest BCUT2D eigenvalue weighted by Gasteiger charge is 2.09. The van der Waals surface area contributed by atoms with Crippen molar-refractivity contribution in [3.63, 3.8) is 0 Å². The highest BCUT2D eigenvalue weighted by atomic mass is 79.9. The van der Waals surface area contributed by atoms with E-state index in [9.17, 15) is 4.79 Å². The van der Waals surface area contributed by atoms with Crippen LogP contribution in [0.5, 0.6) is 0 Å². The molecule has 1 rings (SSSR count). The zero-order valence-electron chi connectivity index (χ0n) is 10.9. The smallest absolute Gasteiger partial charge is 0.337 e. The molecule has 0 aromatic heterocycles. The summed E-state index contributed by atoms with van der Waals surface area (Å²) in [6, 6.07) is 5.17. The number of rotatable bonds is 7. The first-order chi connectivity index (χ1) is 8.50. The van der Waals surface area contributed by atoms with Gasteiger partial charge in [0.15, 0.2) is 0 Å². The maximum Gasteiger partial charge on any atom is 0.337 e. The van der Waals surface area contributed by atoms with Crippen molar-refractivity contribution in [2.24, 2.45) is 5.92 Å². The summed E-state index contributed by atoms with van der Waals surface area (Å²) in [5.41, 5.74) is 1.00. The molecule has 0 fully saturated rings. The number of carboxylic acids is 1. The highest BCUT2D eigenvalue weighted by molar-refractivity contribution is 9.10. The minimum absolute atomic E-state index is 0.321. The van der Waals surface area contributed by atoms with Crippen LogP contribution in [-0.2, 0) is 0 Å². The minimum Gasteiger partial charge on any atom is -0.478 e. The van der Waals surface area contributed by atoms with E-state index in [1.807, 2.05) is 6.07 Å². The number of aromatic carboxylic acids is 1. The number of hydrogen-bond donors (Lipinski definition) is 2. The third-order valence-electron chi connectivity index (χ3n) is 2.74. The summed E-state index contributed by atoms with van der Waals surface area (Å²) in [5.74, 6) is -0.169. The normalized spacial score (nSPS) is 10.7. The minimum atomic E-state index is -0.896. The molecule has 4 heteroatoms. The molecule has 0 saturated carbocycles. The van der Waals surface area contributed by atoms with Gasteiger partial charge in [-0.3, -0.25) is 0 Å². The number of nitrogens with one attached hydrogen (secondary N) is 1. The number of unbranched alkanes of at least 4 members (excludes halogenated alkanes) is 1. The monoisotopic (exact) mass is 313 g/mol. The lowest BCUT2D eigenvalue weighted by Crippen LogP contribution is -2.08. The van der Waals surface area contributed by atoms with Gasteiger partial charge in [0.25, 0.3) is 0 Å². The van der Waals surface area contributed by atoms with Crippen molar-refractivity contribution in [3.05, 3.63) is 28.2 Å². The van der Waals surface area contributed by atoms with Gasteiger partial charge >= 0.3 is 5.97 Å². The summed E-state index contributed by atoms with van der Waals surface area (Å²) in [6.45, 7) is 5.23. The van der Waals surface area contributed by atoms with Crippen LogP contribution in [0.3, 0.4) is 0 Å². The molecule has 1 aromatic carbocycles. The van der Waals surface area contributed by atoms with Crippen LogP contribution >= 0.6 is 15.9 Å². The van der Waals surface area contributed by atoms with Gasteiger partial charge in [0.2, 0.25) is 0 Å². The third kappa shape index (κ3) is 5.08. The Bertz CT molecular complexity index is 405. The van der Waals surface area contributed by atoms with Crippen LogP contribution in [0.1, 0.15) is 43.5 Å². The number of anilines is 1. The molecule has 0 radical (unpaired) electrons. The molecular weight excluding hydrogens is 294 g/mol. The Hall–Kier alpha value is -1.03. The Kier molecular flexibility index (Phi) is 6.19. The van der Waals surface area contributed by atoms with Gasteiger partial charge in [-0.1, -0.05) is 42.6 Å². The molecule has 0 aliphatic carbocycles. The van der Waals surface area contributed by atoms with Crippen LogP contribution < -0.4 is 5.32 Å². The highest BCUT2D eigenvalue weighted by Crippen LogP contribution is 2.21. The second-order valence-corrected chi connectivity index (χ2v) is 5.73. The van der Waals surface area contributed by atoms with E-state index in [0.717, 1.165) is 23.4 Å². The Morgan fingerprint density at radius 1 is 1.39 bits per heavy atom. The molecule has 100 valence electrons.